The first-order chi connectivity index (χ1) is 4.20. The summed E-state index contributed by atoms with van der Waals surface area (Å²) in [6.45, 7) is 0. The van der Waals surface area contributed by atoms with E-state index >= 15 is 0 Å². The van der Waals surface area contributed by atoms with Crippen LogP contribution in [-0.2, 0) is 0 Å². The summed E-state index contributed by atoms with van der Waals surface area (Å²) in [6, 6.07) is 1.22. The Morgan fingerprint density at radius 3 is 1.91 bits per heavy atom. The van der Waals surface area contributed by atoms with Crippen molar-refractivity contribution in [2.75, 3.05) is 14.1 Å². The van der Waals surface area contributed by atoms with Crippen LogP contribution in [-0.4, -0.2) is 31.1 Å². The third-order valence-corrected chi connectivity index (χ3v) is 2.18. The Morgan fingerprint density at radius 1 is 1.18 bits per heavy atom. The molecule has 0 aliphatic heterocycles. The normalized spacial score (nSPS) is 29.5. The fourth-order valence-electron chi connectivity index (χ4n) is 1.46. The van der Waals surface area contributed by atoms with E-state index in [1.165, 1.54) is 19.3 Å². The maximum atomic E-state index is 5.74. The number of hydrogen-bond donors (Lipinski definition) is 1. The molecule has 0 aromatic heterocycles. The number of hydrogen-bond acceptors (Lipinski definition) is 2. The third kappa shape index (κ3) is 4.16. The zero-order valence-corrected chi connectivity index (χ0v) is 8.75. The van der Waals surface area contributed by atoms with E-state index in [-0.39, 0.29) is 24.8 Å². The molecule has 0 heterocycles. The van der Waals surface area contributed by atoms with Crippen LogP contribution in [0, 0.1) is 0 Å². The van der Waals surface area contributed by atoms with Gasteiger partial charge in [0, 0.05) is 12.1 Å². The van der Waals surface area contributed by atoms with Crippen molar-refractivity contribution in [2.45, 2.75) is 31.3 Å². The van der Waals surface area contributed by atoms with Crippen molar-refractivity contribution in [2.24, 2.45) is 5.73 Å². The van der Waals surface area contributed by atoms with Gasteiger partial charge >= 0.3 is 0 Å². The van der Waals surface area contributed by atoms with Crippen LogP contribution < -0.4 is 5.73 Å². The quantitative estimate of drug-likeness (QED) is 0.692. The lowest BCUT2D eigenvalue weighted by Crippen LogP contribution is -2.27. The van der Waals surface area contributed by atoms with Gasteiger partial charge in [-0.15, -0.1) is 24.8 Å². The Morgan fingerprint density at radius 2 is 1.73 bits per heavy atom. The van der Waals surface area contributed by atoms with E-state index in [1.807, 2.05) is 0 Å². The standard InChI is InChI=1S/C7H16N2.2ClH/c1-9(2)7-4-3-6(8)5-7;;/h6-7H,3-5,8H2,1-2H3;2*1H/t6-,7-;;/m0../s1. The number of nitrogens with two attached hydrogens (primary N) is 1. The lowest BCUT2D eigenvalue weighted by atomic mass is 10.2. The van der Waals surface area contributed by atoms with Crippen LogP contribution >= 0.6 is 24.8 Å². The van der Waals surface area contributed by atoms with E-state index < -0.39 is 0 Å². The molecule has 0 aromatic carbocycles. The van der Waals surface area contributed by atoms with Crippen molar-refractivity contribution in [3.05, 3.63) is 0 Å². The molecule has 0 unspecified atom stereocenters. The van der Waals surface area contributed by atoms with Crippen molar-refractivity contribution >= 4 is 24.8 Å². The van der Waals surface area contributed by atoms with Gasteiger partial charge < -0.3 is 10.6 Å². The maximum absolute atomic E-state index is 5.74. The second-order valence-electron chi connectivity index (χ2n) is 3.19. The van der Waals surface area contributed by atoms with Gasteiger partial charge in [-0.1, -0.05) is 0 Å². The van der Waals surface area contributed by atoms with Crippen LogP contribution in [0.4, 0.5) is 0 Å². The van der Waals surface area contributed by atoms with Crippen molar-refractivity contribution < 1.29 is 0 Å². The summed E-state index contributed by atoms with van der Waals surface area (Å²) in [5, 5.41) is 0. The van der Waals surface area contributed by atoms with Gasteiger partial charge in [-0.05, 0) is 33.4 Å². The maximum Gasteiger partial charge on any atom is 0.0104 e. The second-order valence-corrected chi connectivity index (χ2v) is 3.19. The third-order valence-electron chi connectivity index (χ3n) is 2.18. The van der Waals surface area contributed by atoms with Crippen LogP contribution in [0.3, 0.4) is 0 Å². The molecule has 1 saturated carbocycles. The van der Waals surface area contributed by atoms with Crippen LogP contribution in [0.1, 0.15) is 19.3 Å². The Labute approximate surface area is 81.3 Å². The molecule has 0 saturated heterocycles. The molecule has 0 aromatic rings. The lowest BCUT2D eigenvalue weighted by Gasteiger charge is -2.17. The zero-order valence-electron chi connectivity index (χ0n) is 7.12. The Balaban J connectivity index is 0. The van der Waals surface area contributed by atoms with Crippen LogP contribution in [0.2, 0.25) is 0 Å². The minimum atomic E-state index is 0. The summed E-state index contributed by atoms with van der Waals surface area (Å²) in [5.74, 6) is 0. The van der Waals surface area contributed by atoms with E-state index in [0.717, 1.165) is 6.04 Å². The molecule has 1 rings (SSSR count). The van der Waals surface area contributed by atoms with Crippen molar-refractivity contribution in [3.8, 4) is 0 Å². The molecule has 4 heteroatoms. The highest BCUT2D eigenvalue weighted by atomic mass is 35.5. The van der Waals surface area contributed by atoms with Gasteiger partial charge in [-0.25, -0.2) is 0 Å². The number of halogens is 2. The van der Waals surface area contributed by atoms with E-state index in [0.29, 0.717) is 6.04 Å². The topological polar surface area (TPSA) is 29.3 Å². The second kappa shape index (κ2) is 6.06. The molecule has 0 bridgehead atoms. The fourth-order valence-corrected chi connectivity index (χ4v) is 1.46. The van der Waals surface area contributed by atoms with Gasteiger partial charge in [0.15, 0.2) is 0 Å². The van der Waals surface area contributed by atoms with Gasteiger partial charge in [0.05, 0.1) is 0 Å². The minimum Gasteiger partial charge on any atom is -0.328 e. The summed E-state index contributed by atoms with van der Waals surface area (Å²) in [4.78, 5) is 2.27. The Kier molecular flexibility index (Phi) is 7.75. The van der Waals surface area contributed by atoms with Gasteiger partial charge in [0.2, 0.25) is 0 Å². The molecule has 1 aliphatic rings. The molecule has 2 atom stereocenters. The zero-order chi connectivity index (χ0) is 6.85. The first-order valence-electron chi connectivity index (χ1n) is 3.62. The molecule has 0 spiro atoms. The van der Waals surface area contributed by atoms with Crippen LogP contribution in [0.5, 0.6) is 0 Å². The molecule has 1 fully saturated rings. The molecular weight excluding hydrogens is 183 g/mol. The molecule has 2 nitrogen and oxygen atoms in total. The van der Waals surface area contributed by atoms with Gasteiger partial charge in [-0.3, -0.25) is 0 Å². The highest BCUT2D eigenvalue weighted by Crippen LogP contribution is 2.20. The van der Waals surface area contributed by atoms with Crippen LogP contribution in [0.25, 0.3) is 0 Å². The first-order valence-corrected chi connectivity index (χ1v) is 3.62. The van der Waals surface area contributed by atoms with Crippen molar-refractivity contribution in [3.63, 3.8) is 0 Å². The summed E-state index contributed by atoms with van der Waals surface area (Å²) in [6.07, 6.45) is 3.68. The van der Waals surface area contributed by atoms with E-state index in [1.54, 1.807) is 0 Å². The van der Waals surface area contributed by atoms with Crippen LogP contribution in [0.15, 0.2) is 0 Å². The minimum absolute atomic E-state index is 0. The SMILES string of the molecule is CN(C)[C@H]1CC[C@H](N)C1.Cl.Cl. The molecule has 0 amide bonds. The molecule has 70 valence electrons. The predicted molar refractivity (Wildman–Crippen MR) is 53.8 cm³/mol. The van der Waals surface area contributed by atoms with Gasteiger partial charge in [-0.2, -0.15) is 0 Å². The monoisotopic (exact) mass is 200 g/mol. The lowest BCUT2D eigenvalue weighted by molar-refractivity contribution is 0.297. The molecule has 11 heavy (non-hydrogen) atoms. The average Bonchev–Trinajstić information content (AvgIpc) is 2.14. The number of nitrogens with zero attached hydrogens (tertiary/aromatic N) is 1. The molecular formula is C7H18Cl2N2. The van der Waals surface area contributed by atoms with E-state index in [9.17, 15) is 0 Å². The summed E-state index contributed by atoms with van der Waals surface area (Å²) >= 11 is 0. The molecule has 0 radical (unpaired) electrons. The molecule has 1 aliphatic carbocycles. The Hall–Kier alpha value is 0.500. The Bertz CT molecular complexity index is 98.4. The summed E-state index contributed by atoms with van der Waals surface area (Å²) < 4.78 is 0. The van der Waals surface area contributed by atoms with Gasteiger partial charge in [0.25, 0.3) is 0 Å². The fraction of sp³-hybridized carbons (Fsp3) is 1.00. The smallest absolute Gasteiger partial charge is 0.0104 e. The largest absolute Gasteiger partial charge is 0.328 e. The first kappa shape index (κ1) is 14.0. The van der Waals surface area contributed by atoms with E-state index in [2.05, 4.69) is 19.0 Å². The molecule has 2 N–H and O–H groups in total. The summed E-state index contributed by atoms with van der Waals surface area (Å²) in [5.41, 5.74) is 5.74. The highest BCUT2D eigenvalue weighted by Gasteiger charge is 2.22. The van der Waals surface area contributed by atoms with Crippen molar-refractivity contribution in [1.29, 1.82) is 0 Å². The van der Waals surface area contributed by atoms with Gasteiger partial charge in [0.1, 0.15) is 0 Å². The summed E-state index contributed by atoms with van der Waals surface area (Å²) in [7, 11) is 4.26. The average molecular weight is 201 g/mol. The van der Waals surface area contributed by atoms with Crippen molar-refractivity contribution in [1.82, 2.24) is 4.90 Å². The van der Waals surface area contributed by atoms with E-state index in [4.69, 9.17) is 5.73 Å². The predicted octanol–water partition coefficient (Wildman–Crippen LogP) is 1.27. The number of rotatable bonds is 1. The highest BCUT2D eigenvalue weighted by molar-refractivity contribution is 5.85.